The van der Waals surface area contributed by atoms with Gasteiger partial charge in [0.05, 0.1) is 40.2 Å². The first-order chi connectivity index (χ1) is 25.0. The highest BCUT2D eigenvalue weighted by atomic mass is 35.5. The van der Waals surface area contributed by atoms with Gasteiger partial charge in [-0.25, -0.2) is 4.79 Å². The van der Waals surface area contributed by atoms with Crippen LogP contribution in [0.2, 0.25) is 5.02 Å². The van der Waals surface area contributed by atoms with Gasteiger partial charge in [0.1, 0.15) is 17.9 Å². The number of hydrogen-bond donors (Lipinski definition) is 2. The largest absolute Gasteiger partial charge is 0.494 e. The fourth-order valence-corrected chi connectivity index (χ4v) is 7.09. The molecule has 0 saturated carbocycles. The number of ether oxygens (including phenoxy) is 1. The van der Waals surface area contributed by atoms with Gasteiger partial charge in [-0.2, -0.15) is 5.26 Å². The summed E-state index contributed by atoms with van der Waals surface area (Å²) in [5.41, 5.74) is 3.34. The summed E-state index contributed by atoms with van der Waals surface area (Å²) in [6.07, 6.45) is 6.31. The summed E-state index contributed by atoms with van der Waals surface area (Å²) >= 11 is 6.27. The van der Waals surface area contributed by atoms with E-state index in [0.29, 0.717) is 41.7 Å². The van der Waals surface area contributed by atoms with Gasteiger partial charge in [-0.3, -0.25) is 34.4 Å². The maximum Gasteiger partial charge on any atom is 0.322 e. The standard InChI is InChI=1S/C38H40ClN7O6/c1-23-22-45(24(2)21-44(23)28-11-8-25(19-40)32(39)17-28)38(51)42-27-10-9-26(41-20-27)7-5-3-4-6-16-52-29-12-13-30-31(18-29)37(50)46(36(30)49)33-14-15-34(47)43-35(33)48/h8-13,17-18,20,23-24,33H,3-7,14-16,21-22H2,1-2H3,(H,42,51)(H,43,47,48)/t23-,24+,33?/m0/s1. The molecule has 2 fully saturated rings. The topological polar surface area (TPSA) is 165 Å². The summed E-state index contributed by atoms with van der Waals surface area (Å²) in [6, 6.07) is 14.8. The number of rotatable bonds is 11. The zero-order chi connectivity index (χ0) is 36.9. The second-order valence-electron chi connectivity index (χ2n) is 13.4. The highest BCUT2D eigenvalue weighted by molar-refractivity contribution is 6.32. The maximum atomic E-state index is 13.2. The molecular formula is C38H40ClN7O6. The molecule has 3 atom stereocenters. The lowest BCUT2D eigenvalue weighted by molar-refractivity contribution is -0.136. The zero-order valence-corrected chi connectivity index (χ0v) is 29.8. The van der Waals surface area contributed by atoms with E-state index >= 15 is 0 Å². The molecule has 14 heteroatoms. The Morgan fingerprint density at radius 1 is 0.981 bits per heavy atom. The second-order valence-corrected chi connectivity index (χ2v) is 13.8. The van der Waals surface area contributed by atoms with E-state index < -0.39 is 29.7 Å². The minimum atomic E-state index is -1.00. The lowest BCUT2D eigenvalue weighted by atomic mass is 10.0. The Balaban J connectivity index is 0.893. The van der Waals surface area contributed by atoms with Crippen molar-refractivity contribution in [3.05, 3.63) is 82.1 Å². The van der Waals surface area contributed by atoms with Gasteiger partial charge in [-0.1, -0.05) is 24.4 Å². The number of aryl methyl sites for hydroxylation is 1. The molecule has 2 N–H and O–H groups in total. The number of anilines is 2. The number of aromatic nitrogens is 1. The van der Waals surface area contributed by atoms with Crippen molar-refractivity contribution in [2.24, 2.45) is 0 Å². The van der Waals surface area contributed by atoms with Crippen LogP contribution >= 0.6 is 11.6 Å². The number of piperidine rings is 1. The van der Waals surface area contributed by atoms with Crippen molar-refractivity contribution in [1.29, 1.82) is 5.26 Å². The van der Waals surface area contributed by atoms with Crippen molar-refractivity contribution < 1.29 is 28.7 Å². The maximum absolute atomic E-state index is 13.2. The van der Waals surface area contributed by atoms with Crippen LogP contribution in [0.25, 0.3) is 0 Å². The zero-order valence-electron chi connectivity index (χ0n) is 29.1. The number of hydrogen-bond acceptors (Lipinski definition) is 9. The number of imide groups is 2. The first-order valence-corrected chi connectivity index (χ1v) is 17.9. The number of piperazine rings is 1. The summed E-state index contributed by atoms with van der Waals surface area (Å²) in [4.78, 5) is 72.4. The number of unbranched alkanes of at least 4 members (excludes halogenated alkanes) is 3. The van der Waals surface area contributed by atoms with Gasteiger partial charge in [0.2, 0.25) is 11.8 Å². The molecule has 52 heavy (non-hydrogen) atoms. The Labute approximate surface area is 306 Å². The number of nitrogens with one attached hydrogen (secondary N) is 2. The molecule has 0 bridgehead atoms. The molecule has 3 aromatic rings. The Hall–Kier alpha value is -5.48. The van der Waals surface area contributed by atoms with Crippen LogP contribution in [0, 0.1) is 11.3 Å². The predicted octanol–water partition coefficient (Wildman–Crippen LogP) is 5.32. The smallest absolute Gasteiger partial charge is 0.322 e. The average Bonchev–Trinajstić information content (AvgIpc) is 3.37. The lowest BCUT2D eigenvalue weighted by Crippen LogP contribution is -2.59. The average molecular weight is 726 g/mol. The van der Waals surface area contributed by atoms with Gasteiger partial charge < -0.3 is 19.9 Å². The number of amides is 6. The van der Waals surface area contributed by atoms with Crippen LogP contribution in [0.4, 0.5) is 16.2 Å². The Kier molecular flexibility index (Phi) is 11.0. The van der Waals surface area contributed by atoms with E-state index in [9.17, 15) is 29.2 Å². The van der Waals surface area contributed by atoms with Crippen LogP contribution < -0.4 is 20.3 Å². The molecule has 2 saturated heterocycles. The van der Waals surface area contributed by atoms with Crippen molar-refractivity contribution in [2.75, 3.05) is 29.9 Å². The van der Waals surface area contributed by atoms with E-state index in [4.69, 9.17) is 16.3 Å². The van der Waals surface area contributed by atoms with Crippen molar-refractivity contribution in [3.63, 3.8) is 0 Å². The molecule has 6 amide bonds. The molecule has 0 spiro atoms. The highest BCUT2D eigenvalue weighted by Crippen LogP contribution is 2.31. The number of pyridine rings is 1. The summed E-state index contributed by atoms with van der Waals surface area (Å²) in [5.74, 6) is -1.68. The van der Waals surface area contributed by atoms with Gasteiger partial charge >= 0.3 is 6.03 Å². The fourth-order valence-electron chi connectivity index (χ4n) is 6.88. The molecule has 6 rings (SSSR count). The molecule has 13 nitrogen and oxygen atoms in total. The number of urea groups is 1. The molecule has 3 aliphatic heterocycles. The Morgan fingerprint density at radius 2 is 1.77 bits per heavy atom. The molecule has 0 aliphatic carbocycles. The number of carbonyl (C=O) groups excluding carboxylic acids is 5. The van der Waals surface area contributed by atoms with E-state index in [2.05, 4.69) is 33.5 Å². The quantitative estimate of drug-likeness (QED) is 0.197. The lowest BCUT2D eigenvalue weighted by Gasteiger charge is -2.45. The van der Waals surface area contributed by atoms with Crippen molar-refractivity contribution >= 4 is 52.6 Å². The van der Waals surface area contributed by atoms with E-state index in [-0.39, 0.29) is 42.1 Å². The van der Waals surface area contributed by atoms with Gasteiger partial charge in [0.25, 0.3) is 11.8 Å². The molecule has 1 aromatic heterocycles. The van der Waals surface area contributed by atoms with Gasteiger partial charge in [-0.15, -0.1) is 0 Å². The van der Waals surface area contributed by atoms with Gasteiger partial charge in [0, 0.05) is 43.0 Å². The monoisotopic (exact) mass is 725 g/mol. The van der Waals surface area contributed by atoms with Crippen LogP contribution in [-0.4, -0.2) is 82.3 Å². The van der Waals surface area contributed by atoms with Crippen LogP contribution in [0.1, 0.15) is 84.3 Å². The minimum absolute atomic E-state index is 0.0506. The summed E-state index contributed by atoms with van der Waals surface area (Å²) < 4.78 is 5.86. The molecule has 1 unspecified atom stereocenters. The van der Waals surface area contributed by atoms with Gasteiger partial charge in [-0.05, 0) is 88.1 Å². The Bertz CT molecular complexity index is 1930. The SMILES string of the molecule is C[C@@H]1CN(c2ccc(C#N)c(Cl)c2)[C@@H](C)CN1C(=O)Nc1ccc(CCCCCCOc2ccc3c(c2)C(=O)N(C2CCC(=O)NC2=O)C3=O)nc1. The molecule has 0 radical (unpaired) electrons. The van der Waals surface area contributed by atoms with Gasteiger partial charge in [0.15, 0.2) is 0 Å². The summed E-state index contributed by atoms with van der Waals surface area (Å²) in [5, 5.41) is 14.8. The van der Waals surface area contributed by atoms with Crippen LogP contribution in [0.5, 0.6) is 5.75 Å². The first kappa shape index (κ1) is 36.3. The first-order valence-electron chi connectivity index (χ1n) is 17.5. The summed E-state index contributed by atoms with van der Waals surface area (Å²) in [6.45, 7) is 5.67. The van der Waals surface area contributed by atoms with Crippen LogP contribution in [0.15, 0.2) is 54.7 Å². The number of halogens is 1. The fraction of sp³-hybridized carbons (Fsp3) is 0.395. The Morgan fingerprint density at radius 3 is 2.50 bits per heavy atom. The molecule has 3 aliphatic rings. The van der Waals surface area contributed by atoms with Crippen molar-refractivity contribution in [3.8, 4) is 11.8 Å². The third-order valence-electron chi connectivity index (χ3n) is 9.73. The predicted molar refractivity (Wildman–Crippen MR) is 193 cm³/mol. The third-order valence-corrected chi connectivity index (χ3v) is 10.0. The van der Waals surface area contributed by atoms with E-state index in [1.165, 1.54) is 6.07 Å². The van der Waals surface area contributed by atoms with Crippen molar-refractivity contribution in [2.45, 2.75) is 76.9 Å². The molecule has 4 heterocycles. The van der Waals surface area contributed by atoms with Crippen molar-refractivity contribution in [1.82, 2.24) is 20.1 Å². The van der Waals surface area contributed by atoms with Crippen LogP contribution in [-0.2, 0) is 16.0 Å². The van der Waals surface area contributed by atoms with Crippen LogP contribution in [0.3, 0.4) is 0 Å². The molecule has 2 aromatic carbocycles. The number of nitriles is 1. The second kappa shape index (κ2) is 15.8. The number of carbonyl (C=O) groups is 5. The third kappa shape index (κ3) is 7.87. The summed E-state index contributed by atoms with van der Waals surface area (Å²) in [7, 11) is 0. The van der Waals surface area contributed by atoms with E-state index in [0.717, 1.165) is 48.4 Å². The number of nitrogens with zero attached hydrogens (tertiary/aromatic N) is 5. The normalized spacial score (nSPS) is 20.0. The minimum Gasteiger partial charge on any atom is -0.494 e. The van der Waals surface area contributed by atoms with E-state index in [1.54, 1.807) is 30.5 Å². The molecule has 270 valence electrons. The van der Waals surface area contributed by atoms with E-state index in [1.807, 2.05) is 30.0 Å². The molecular weight excluding hydrogens is 686 g/mol. The number of fused-ring (bicyclic) bond motifs is 1. The highest BCUT2D eigenvalue weighted by Gasteiger charge is 2.44. The number of benzene rings is 2.